The van der Waals surface area contributed by atoms with Crippen LogP contribution in [0.4, 0.5) is 5.69 Å². The van der Waals surface area contributed by atoms with Gasteiger partial charge in [-0.25, -0.2) is 0 Å². The minimum atomic E-state index is -0.856. The van der Waals surface area contributed by atoms with Gasteiger partial charge in [-0.2, -0.15) is 0 Å². The Morgan fingerprint density at radius 2 is 1.62 bits per heavy atom. The number of hydrogen-bond acceptors (Lipinski definition) is 3. The summed E-state index contributed by atoms with van der Waals surface area (Å²) in [5.41, 5.74) is 3.63. The molecule has 3 amide bonds. The lowest BCUT2D eigenvalue weighted by atomic mass is 9.81. The van der Waals surface area contributed by atoms with Crippen molar-refractivity contribution in [3.8, 4) is 0 Å². The van der Waals surface area contributed by atoms with Gasteiger partial charge in [0.25, 0.3) is 0 Å². The van der Waals surface area contributed by atoms with Gasteiger partial charge < -0.3 is 5.32 Å². The van der Waals surface area contributed by atoms with Gasteiger partial charge in [0.05, 0.1) is 11.8 Å². The van der Waals surface area contributed by atoms with E-state index in [1.54, 1.807) is 0 Å². The molecule has 2 bridgehead atoms. The maximum absolute atomic E-state index is 13.6. The molecule has 1 heterocycles. The van der Waals surface area contributed by atoms with Crippen LogP contribution in [0.2, 0.25) is 0 Å². The van der Waals surface area contributed by atoms with Crippen molar-refractivity contribution in [2.75, 3.05) is 5.32 Å². The zero-order valence-electron chi connectivity index (χ0n) is 18.3. The standard InChI is InChI=1S/C26H27BrN2O3/c1-14-15(2)20(11-10-19(14)27)28-24(30)21(12-16-6-4-3-5-7-16)29-25(31)22-17-8-9-18(13-17)23(22)26(29)32/h3-7,10-11,17-18,21-23H,8-9,12-13H2,1-2H3,(H,28,30)/t17-,18+,21-,22-,23+/m0/s1. The number of hydrogen-bond donors (Lipinski definition) is 1. The zero-order chi connectivity index (χ0) is 22.6. The molecule has 0 spiro atoms. The normalized spacial score (nSPS) is 27.0. The van der Waals surface area contributed by atoms with Crippen molar-refractivity contribution in [1.29, 1.82) is 0 Å². The zero-order valence-corrected chi connectivity index (χ0v) is 19.9. The second kappa shape index (κ2) is 8.14. The molecule has 5 atom stereocenters. The summed E-state index contributed by atoms with van der Waals surface area (Å²) in [5, 5.41) is 3.01. The molecule has 3 fully saturated rings. The molecule has 32 heavy (non-hydrogen) atoms. The number of anilines is 1. The van der Waals surface area contributed by atoms with Gasteiger partial charge in [-0.15, -0.1) is 0 Å². The number of carbonyl (C=O) groups excluding carboxylic acids is 3. The van der Waals surface area contributed by atoms with E-state index in [2.05, 4.69) is 21.2 Å². The molecule has 0 unspecified atom stereocenters. The predicted octanol–water partition coefficient (Wildman–Crippen LogP) is 4.65. The Hall–Kier alpha value is -2.47. The first-order valence-electron chi connectivity index (χ1n) is 11.3. The summed E-state index contributed by atoms with van der Waals surface area (Å²) in [4.78, 5) is 41.8. The average Bonchev–Trinajstić information content (AvgIpc) is 3.47. The van der Waals surface area contributed by atoms with E-state index in [-0.39, 0.29) is 29.6 Å². The van der Waals surface area contributed by atoms with Crippen LogP contribution in [0.25, 0.3) is 0 Å². The van der Waals surface area contributed by atoms with Crippen molar-refractivity contribution < 1.29 is 14.4 Å². The van der Waals surface area contributed by atoms with Gasteiger partial charge in [-0.3, -0.25) is 19.3 Å². The summed E-state index contributed by atoms with van der Waals surface area (Å²) >= 11 is 3.52. The highest BCUT2D eigenvalue weighted by Gasteiger charge is 2.62. The molecule has 3 aliphatic rings. The molecule has 2 aromatic rings. The molecule has 5 nitrogen and oxygen atoms in total. The fourth-order valence-corrected chi connectivity index (χ4v) is 6.45. The Balaban J connectivity index is 1.47. The van der Waals surface area contributed by atoms with Crippen LogP contribution >= 0.6 is 15.9 Å². The minimum absolute atomic E-state index is 0.146. The van der Waals surface area contributed by atoms with Gasteiger partial charge in [0.2, 0.25) is 17.7 Å². The summed E-state index contributed by atoms with van der Waals surface area (Å²) in [7, 11) is 0. The molecule has 1 N–H and O–H groups in total. The second-order valence-electron chi connectivity index (χ2n) is 9.47. The van der Waals surface area contributed by atoms with Crippen molar-refractivity contribution in [1.82, 2.24) is 4.90 Å². The summed E-state index contributed by atoms with van der Waals surface area (Å²) in [6, 6.07) is 12.5. The Bertz CT molecular complexity index is 1070. The van der Waals surface area contributed by atoms with Crippen LogP contribution in [0.15, 0.2) is 46.9 Å². The van der Waals surface area contributed by atoms with E-state index in [4.69, 9.17) is 0 Å². The third-order valence-electron chi connectivity index (χ3n) is 7.83. The first-order valence-corrected chi connectivity index (χ1v) is 12.1. The topological polar surface area (TPSA) is 66.5 Å². The Labute approximate surface area is 196 Å². The van der Waals surface area contributed by atoms with Crippen LogP contribution in [-0.2, 0) is 20.8 Å². The molecule has 0 aromatic heterocycles. The molecular formula is C26H27BrN2O3. The summed E-state index contributed by atoms with van der Waals surface area (Å²) in [5.74, 6) is -0.480. The average molecular weight is 495 g/mol. The van der Waals surface area contributed by atoms with Gasteiger partial charge in [0.15, 0.2) is 0 Å². The highest BCUT2D eigenvalue weighted by atomic mass is 79.9. The number of amides is 3. The fourth-order valence-electron chi connectivity index (χ4n) is 6.02. The molecule has 0 radical (unpaired) electrons. The summed E-state index contributed by atoms with van der Waals surface area (Å²) < 4.78 is 0.974. The number of nitrogens with one attached hydrogen (secondary N) is 1. The maximum atomic E-state index is 13.6. The lowest BCUT2D eigenvalue weighted by Crippen LogP contribution is -2.49. The van der Waals surface area contributed by atoms with Crippen LogP contribution in [0.5, 0.6) is 0 Å². The van der Waals surface area contributed by atoms with Gasteiger partial charge in [0, 0.05) is 16.6 Å². The molecule has 1 aliphatic heterocycles. The van der Waals surface area contributed by atoms with Gasteiger partial charge in [0.1, 0.15) is 6.04 Å². The molecule has 2 saturated carbocycles. The summed E-state index contributed by atoms with van der Waals surface area (Å²) in [6.07, 6.45) is 3.33. The molecule has 166 valence electrons. The van der Waals surface area contributed by atoms with Crippen LogP contribution in [0.3, 0.4) is 0 Å². The van der Waals surface area contributed by atoms with Crippen LogP contribution in [0, 0.1) is 37.5 Å². The Morgan fingerprint density at radius 3 is 2.25 bits per heavy atom. The van der Waals surface area contributed by atoms with E-state index in [1.807, 2.05) is 56.3 Å². The molecule has 2 aliphatic carbocycles. The van der Waals surface area contributed by atoms with E-state index in [9.17, 15) is 14.4 Å². The highest BCUT2D eigenvalue weighted by molar-refractivity contribution is 9.10. The van der Waals surface area contributed by atoms with Crippen molar-refractivity contribution >= 4 is 39.3 Å². The molecular weight excluding hydrogens is 468 g/mol. The summed E-state index contributed by atoms with van der Waals surface area (Å²) in [6.45, 7) is 3.94. The van der Waals surface area contributed by atoms with Gasteiger partial charge in [-0.1, -0.05) is 46.3 Å². The lowest BCUT2D eigenvalue weighted by molar-refractivity contribution is -0.147. The number of carbonyl (C=O) groups is 3. The van der Waals surface area contributed by atoms with Crippen molar-refractivity contribution in [3.63, 3.8) is 0 Å². The minimum Gasteiger partial charge on any atom is -0.324 e. The fraction of sp³-hybridized carbons (Fsp3) is 0.423. The number of rotatable bonds is 5. The van der Waals surface area contributed by atoms with Crippen LogP contribution < -0.4 is 5.32 Å². The number of benzene rings is 2. The van der Waals surface area contributed by atoms with Crippen molar-refractivity contribution in [3.05, 3.63) is 63.6 Å². The Morgan fingerprint density at radius 1 is 1.00 bits per heavy atom. The first kappa shape index (κ1) is 21.4. The molecule has 5 rings (SSSR count). The van der Waals surface area contributed by atoms with E-state index >= 15 is 0 Å². The SMILES string of the molecule is Cc1c(Br)ccc(NC(=O)[C@H](Cc2ccccc2)N2C(=O)[C@@H]3[C@@H]4CC[C@@H](C4)[C@@H]3C2=O)c1C. The quantitative estimate of drug-likeness (QED) is 0.615. The van der Waals surface area contributed by atoms with E-state index in [0.29, 0.717) is 23.9 Å². The largest absolute Gasteiger partial charge is 0.324 e. The highest BCUT2D eigenvalue weighted by Crippen LogP contribution is 2.56. The van der Waals surface area contributed by atoms with Gasteiger partial charge in [-0.05, 0) is 73.8 Å². The smallest absolute Gasteiger partial charge is 0.248 e. The Kier molecular flexibility index (Phi) is 5.44. The molecule has 1 saturated heterocycles. The van der Waals surface area contributed by atoms with Crippen molar-refractivity contribution in [2.24, 2.45) is 23.7 Å². The number of imide groups is 1. The lowest BCUT2D eigenvalue weighted by Gasteiger charge is -2.27. The van der Waals surface area contributed by atoms with Crippen LogP contribution in [-0.4, -0.2) is 28.7 Å². The number of halogens is 1. The van der Waals surface area contributed by atoms with Crippen LogP contribution in [0.1, 0.15) is 36.0 Å². The second-order valence-corrected chi connectivity index (χ2v) is 10.3. The maximum Gasteiger partial charge on any atom is 0.248 e. The predicted molar refractivity (Wildman–Crippen MR) is 126 cm³/mol. The first-order chi connectivity index (χ1) is 15.4. The van der Waals surface area contributed by atoms with E-state index in [0.717, 1.165) is 40.4 Å². The molecule has 6 heteroatoms. The number of nitrogens with zero attached hydrogens (tertiary/aromatic N) is 1. The third-order valence-corrected chi connectivity index (χ3v) is 8.69. The van der Waals surface area contributed by atoms with Crippen molar-refractivity contribution in [2.45, 2.75) is 45.6 Å². The van der Waals surface area contributed by atoms with E-state index in [1.165, 1.54) is 4.90 Å². The number of fused-ring (bicyclic) bond motifs is 5. The monoisotopic (exact) mass is 494 g/mol. The van der Waals surface area contributed by atoms with E-state index < -0.39 is 6.04 Å². The molecule has 2 aromatic carbocycles. The van der Waals surface area contributed by atoms with Gasteiger partial charge >= 0.3 is 0 Å². The number of likely N-dealkylation sites (tertiary alicyclic amines) is 1. The third kappa shape index (κ3) is 3.40.